The van der Waals surface area contributed by atoms with Crippen LogP contribution in [-0.4, -0.2) is 29.8 Å². The topological polar surface area (TPSA) is 111 Å². The molecule has 0 aliphatic heterocycles. The van der Waals surface area contributed by atoms with Gasteiger partial charge in [0.15, 0.2) is 0 Å². The summed E-state index contributed by atoms with van der Waals surface area (Å²) in [6, 6.07) is 17.0. The molecule has 0 radical (unpaired) electrons. The molecular formula is C20H15N2O5-. The average Bonchev–Trinajstić information content (AvgIpc) is 2.66. The molecule has 3 aromatic rings. The zero-order valence-corrected chi connectivity index (χ0v) is 14.1. The largest absolute Gasteiger partial charge is 0.546 e. The molecular weight excluding hydrogens is 348 g/mol. The average molecular weight is 363 g/mol. The number of para-hydroxylation sites is 1. The van der Waals surface area contributed by atoms with Crippen LogP contribution in [0.3, 0.4) is 0 Å². The first-order chi connectivity index (χ1) is 13.0. The molecule has 0 aliphatic carbocycles. The van der Waals surface area contributed by atoms with Crippen LogP contribution in [0.5, 0.6) is 11.5 Å². The molecule has 27 heavy (non-hydrogen) atoms. The van der Waals surface area contributed by atoms with Gasteiger partial charge in [-0.3, -0.25) is 4.79 Å². The van der Waals surface area contributed by atoms with E-state index < -0.39 is 18.5 Å². The molecule has 7 nitrogen and oxygen atoms in total. The molecule has 0 aromatic heterocycles. The second-order valence-electron chi connectivity index (χ2n) is 5.61. The van der Waals surface area contributed by atoms with Crippen LogP contribution in [0.4, 0.5) is 0 Å². The van der Waals surface area contributed by atoms with E-state index in [0.717, 1.165) is 10.8 Å². The highest BCUT2D eigenvalue weighted by atomic mass is 16.5. The van der Waals surface area contributed by atoms with Gasteiger partial charge in [0.05, 0.1) is 17.7 Å². The molecule has 0 aliphatic rings. The van der Waals surface area contributed by atoms with Gasteiger partial charge in [-0.1, -0.05) is 36.4 Å². The summed E-state index contributed by atoms with van der Waals surface area (Å²) in [6.45, 7) is -0.595. The van der Waals surface area contributed by atoms with Crippen molar-refractivity contribution in [3.63, 3.8) is 0 Å². The van der Waals surface area contributed by atoms with Crippen molar-refractivity contribution in [2.45, 2.75) is 0 Å². The summed E-state index contributed by atoms with van der Waals surface area (Å²) < 4.78 is 5.10. The number of rotatable bonds is 6. The van der Waals surface area contributed by atoms with Crippen LogP contribution in [0.1, 0.15) is 15.9 Å². The van der Waals surface area contributed by atoms with Crippen LogP contribution in [0.15, 0.2) is 65.8 Å². The van der Waals surface area contributed by atoms with Crippen molar-refractivity contribution in [2.24, 2.45) is 5.10 Å². The lowest BCUT2D eigenvalue weighted by atomic mass is 10.1. The number of fused-ring (bicyclic) bond motifs is 1. The van der Waals surface area contributed by atoms with Crippen LogP contribution in [0.2, 0.25) is 0 Å². The first kappa shape index (κ1) is 17.9. The fourth-order valence-electron chi connectivity index (χ4n) is 2.49. The molecule has 0 saturated carbocycles. The lowest BCUT2D eigenvalue weighted by molar-refractivity contribution is -0.307. The van der Waals surface area contributed by atoms with E-state index in [1.807, 2.05) is 24.3 Å². The van der Waals surface area contributed by atoms with Gasteiger partial charge in [0.2, 0.25) is 0 Å². The highest BCUT2D eigenvalue weighted by Gasteiger charge is 2.11. The third-order valence-corrected chi connectivity index (χ3v) is 3.74. The number of carboxylic acids is 1. The van der Waals surface area contributed by atoms with E-state index in [2.05, 4.69) is 10.5 Å². The number of carbonyl (C=O) groups is 2. The third kappa shape index (κ3) is 4.40. The van der Waals surface area contributed by atoms with Crippen LogP contribution in [0.25, 0.3) is 10.8 Å². The molecule has 1 amide bonds. The van der Waals surface area contributed by atoms with Gasteiger partial charge < -0.3 is 19.7 Å². The van der Waals surface area contributed by atoms with Gasteiger partial charge >= 0.3 is 0 Å². The molecule has 3 aromatic carbocycles. The Morgan fingerprint density at radius 1 is 1.07 bits per heavy atom. The Labute approximate surface area is 154 Å². The maximum absolute atomic E-state index is 12.3. The molecule has 0 spiro atoms. The van der Waals surface area contributed by atoms with Crippen molar-refractivity contribution < 1.29 is 24.5 Å². The highest BCUT2D eigenvalue weighted by molar-refractivity contribution is 6.01. The minimum Gasteiger partial charge on any atom is -0.546 e. The normalized spacial score (nSPS) is 10.8. The third-order valence-electron chi connectivity index (χ3n) is 3.74. The summed E-state index contributed by atoms with van der Waals surface area (Å²) in [5, 5.41) is 26.1. The Kier molecular flexibility index (Phi) is 5.32. The van der Waals surface area contributed by atoms with Crippen molar-refractivity contribution in [3.8, 4) is 11.5 Å². The lowest BCUT2D eigenvalue weighted by Crippen LogP contribution is -2.29. The molecule has 0 fully saturated rings. The molecule has 2 N–H and O–H groups in total. The summed E-state index contributed by atoms with van der Waals surface area (Å²) >= 11 is 0. The Balaban J connectivity index is 1.74. The number of hydrogen-bond donors (Lipinski definition) is 2. The molecule has 0 atom stereocenters. The van der Waals surface area contributed by atoms with Crippen LogP contribution in [-0.2, 0) is 4.79 Å². The van der Waals surface area contributed by atoms with Crippen LogP contribution in [0, 0.1) is 0 Å². The lowest BCUT2D eigenvalue weighted by Gasteiger charge is -2.09. The first-order valence-electron chi connectivity index (χ1n) is 8.01. The summed E-state index contributed by atoms with van der Waals surface area (Å²) in [4.78, 5) is 22.8. The Bertz CT molecular complexity index is 1030. The van der Waals surface area contributed by atoms with E-state index in [4.69, 9.17) is 4.74 Å². The fourth-order valence-corrected chi connectivity index (χ4v) is 2.49. The first-order valence-corrected chi connectivity index (χ1v) is 8.01. The standard InChI is InChI=1S/C20H16N2O5/c23-17-10-14-6-2-1-5-13(14)9-16(17)20(26)22-21-11-15-7-3-4-8-18(15)27-12-19(24)25/h1-11,23H,12H2,(H,22,26)(H,24,25)/p-1/b21-11-. The number of carbonyl (C=O) groups excluding carboxylic acids is 2. The number of benzene rings is 3. The number of nitrogens with one attached hydrogen (secondary N) is 1. The Morgan fingerprint density at radius 2 is 1.74 bits per heavy atom. The number of aliphatic carboxylic acids is 1. The Hall–Kier alpha value is -3.87. The molecule has 0 heterocycles. The number of phenolic OH excluding ortho intramolecular Hbond substituents is 1. The number of nitrogens with zero attached hydrogens (tertiary/aromatic N) is 1. The summed E-state index contributed by atoms with van der Waals surface area (Å²) in [5.41, 5.74) is 2.90. The molecule has 0 saturated heterocycles. The maximum Gasteiger partial charge on any atom is 0.275 e. The monoisotopic (exact) mass is 363 g/mol. The van der Waals surface area contributed by atoms with Gasteiger partial charge in [0.1, 0.15) is 18.1 Å². The highest BCUT2D eigenvalue weighted by Crippen LogP contribution is 2.24. The van der Waals surface area contributed by atoms with Gasteiger partial charge in [0.25, 0.3) is 5.91 Å². The summed E-state index contributed by atoms with van der Waals surface area (Å²) in [6.07, 6.45) is 1.32. The van der Waals surface area contributed by atoms with E-state index in [0.29, 0.717) is 5.56 Å². The van der Waals surface area contributed by atoms with Crippen molar-refractivity contribution >= 4 is 28.9 Å². The SMILES string of the molecule is O=C([O-])COc1ccccc1/C=N\NC(=O)c1cc2ccccc2cc1O. The zero-order valence-electron chi connectivity index (χ0n) is 14.1. The van der Waals surface area contributed by atoms with Crippen molar-refractivity contribution in [2.75, 3.05) is 6.61 Å². The number of phenols is 1. The van der Waals surface area contributed by atoms with Gasteiger partial charge in [0, 0.05) is 5.56 Å². The van der Waals surface area contributed by atoms with Gasteiger partial charge in [-0.15, -0.1) is 0 Å². The van der Waals surface area contributed by atoms with E-state index in [1.54, 1.807) is 30.3 Å². The number of carboxylic acid groups (broad SMARTS) is 1. The fraction of sp³-hybridized carbons (Fsp3) is 0.0500. The number of amides is 1. The van der Waals surface area contributed by atoms with Crippen LogP contribution >= 0.6 is 0 Å². The van der Waals surface area contributed by atoms with E-state index in [-0.39, 0.29) is 17.1 Å². The van der Waals surface area contributed by atoms with E-state index >= 15 is 0 Å². The molecule has 7 heteroatoms. The number of ether oxygens (including phenoxy) is 1. The number of aromatic hydroxyl groups is 1. The predicted molar refractivity (Wildman–Crippen MR) is 97.6 cm³/mol. The Morgan fingerprint density at radius 3 is 2.48 bits per heavy atom. The van der Waals surface area contributed by atoms with Crippen LogP contribution < -0.4 is 15.3 Å². The molecule has 0 bridgehead atoms. The predicted octanol–water partition coefficient (Wildman–Crippen LogP) is 1.44. The summed E-state index contributed by atoms with van der Waals surface area (Å²) in [5.74, 6) is -1.79. The van der Waals surface area contributed by atoms with E-state index in [1.165, 1.54) is 12.3 Å². The van der Waals surface area contributed by atoms with Gasteiger partial charge in [-0.2, -0.15) is 5.10 Å². The quantitative estimate of drug-likeness (QED) is 0.508. The minimum absolute atomic E-state index is 0.0901. The maximum atomic E-state index is 12.3. The van der Waals surface area contributed by atoms with Crippen molar-refractivity contribution in [1.29, 1.82) is 0 Å². The van der Waals surface area contributed by atoms with E-state index in [9.17, 15) is 19.8 Å². The minimum atomic E-state index is -1.35. The molecule has 0 unspecified atom stereocenters. The van der Waals surface area contributed by atoms with Gasteiger partial charge in [-0.25, -0.2) is 5.43 Å². The van der Waals surface area contributed by atoms with Gasteiger partial charge in [-0.05, 0) is 35.0 Å². The smallest absolute Gasteiger partial charge is 0.275 e. The number of hydrogen-bond acceptors (Lipinski definition) is 6. The zero-order chi connectivity index (χ0) is 19.2. The molecule has 3 rings (SSSR count). The van der Waals surface area contributed by atoms with Crippen molar-refractivity contribution in [1.82, 2.24) is 5.43 Å². The second-order valence-corrected chi connectivity index (χ2v) is 5.61. The summed E-state index contributed by atoms with van der Waals surface area (Å²) in [7, 11) is 0. The number of hydrazone groups is 1. The second kappa shape index (κ2) is 8.01. The van der Waals surface area contributed by atoms with Crippen molar-refractivity contribution in [3.05, 3.63) is 71.8 Å². The molecule has 136 valence electrons.